The second-order valence-corrected chi connectivity index (χ2v) is 3.70. The Hall–Kier alpha value is -2.31. The monoisotopic (exact) mass is 242 g/mol. The molecular weight excluding hydrogens is 231 g/mol. The Bertz CT molecular complexity index is 573. The molecule has 2 nitrogen and oxygen atoms in total. The quantitative estimate of drug-likeness (QED) is 0.837. The van der Waals surface area contributed by atoms with E-state index in [1.807, 2.05) is 18.2 Å². The van der Waals surface area contributed by atoms with Crippen LogP contribution in [0, 0.1) is 18.2 Å². The molecule has 2 aromatic carbocycles. The highest BCUT2D eigenvalue weighted by atomic mass is 19.1. The van der Waals surface area contributed by atoms with Gasteiger partial charge in [0.15, 0.2) is 0 Å². The van der Waals surface area contributed by atoms with Crippen molar-refractivity contribution in [2.45, 2.75) is 6.10 Å². The number of ether oxygens (including phenoxy) is 1. The molecule has 18 heavy (non-hydrogen) atoms. The Morgan fingerprint density at radius 3 is 2.50 bits per heavy atom. The summed E-state index contributed by atoms with van der Waals surface area (Å²) in [4.78, 5) is 0. The molecule has 3 heteroatoms. The van der Waals surface area contributed by atoms with E-state index in [9.17, 15) is 9.50 Å². The number of aliphatic hydroxyl groups is 1. The van der Waals surface area contributed by atoms with Crippen molar-refractivity contribution in [3.8, 4) is 23.8 Å². The van der Waals surface area contributed by atoms with Gasteiger partial charge < -0.3 is 9.84 Å². The van der Waals surface area contributed by atoms with Gasteiger partial charge in [-0.15, -0.1) is 6.42 Å². The molecule has 2 aromatic rings. The van der Waals surface area contributed by atoms with Crippen LogP contribution in [0.25, 0.3) is 0 Å². The fourth-order valence-electron chi connectivity index (χ4n) is 1.52. The highest BCUT2D eigenvalue weighted by molar-refractivity contribution is 5.36. The second kappa shape index (κ2) is 5.35. The Kier molecular flexibility index (Phi) is 3.61. The summed E-state index contributed by atoms with van der Waals surface area (Å²) in [7, 11) is 0. The Morgan fingerprint density at radius 1 is 1.11 bits per heavy atom. The van der Waals surface area contributed by atoms with Crippen molar-refractivity contribution >= 4 is 0 Å². The molecule has 0 aliphatic rings. The van der Waals surface area contributed by atoms with Crippen LogP contribution < -0.4 is 4.74 Å². The highest BCUT2D eigenvalue weighted by Gasteiger charge is 2.08. The van der Waals surface area contributed by atoms with Gasteiger partial charge >= 0.3 is 0 Å². The molecule has 0 bridgehead atoms. The summed E-state index contributed by atoms with van der Waals surface area (Å²) in [6, 6.07) is 12.9. The number of benzene rings is 2. The third-order valence-electron chi connectivity index (χ3n) is 2.35. The maximum atomic E-state index is 13.4. The molecule has 0 amide bonds. The van der Waals surface area contributed by atoms with E-state index >= 15 is 0 Å². The first-order valence-corrected chi connectivity index (χ1v) is 5.36. The summed E-state index contributed by atoms with van der Waals surface area (Å²) >= 11 is 0. The van der Waals surface area contributed by atoms with Gasteiger partial charge in [0.05, 0.1) is 0 Å². The number of halogens is 1. The topological polar surface area (TPSA) is 29.5 Å². The van der Waals surface area contributed by atoms with Crippen LogP contribution in [0.4, 0.5) is 4.39 Å². The van der Waals surface area contributed by atoms with Crippen molar-refractivity contribution in [3.63, 3.8) is 0 Å². The SMILES string of the molecule is C#CC(O)c1cc(F)cc(Oc2ccccc2)c1. The van der Waals surface area contributed by atoms with E-state index in [0.29, 0.717) is 17.1 Å². The summed E-state index contributed by atoms with van der Waals surface area (Å²) in [6.45, 7) is 0. The fourth-order valence-corrected chi connectivity index (χ4v) is 1.52. The van der Waals surface area contributed by atoms with Crippen molar-refractivity contribution in [2.75, 3.05) is 0 Å². The Morgan fingerprint density at radius 2 is 1.83 bits per heavy atom. The van der Waals surface area contributed by atoms with E-state index in [1.54, 1.807) is 12.1 Å². The molecule has 90 valence electrons. The fraction of sp³-hybridized carbons (Fsp3) is 0.0667. The van der Waals surface area contributed by atoms with Crippen LogP contribution in [0.15, 0.2) is 48.5 Å². The van der Waals surface area contributed by atoms with Crippen LogP contribution in [0.1, 0.15) is 11.7 Å². The van der Waals surface area contributed by atoms with Crippen molar-refractivity contribution in [2.24, 2.45) is 0 Å². The van der Waals surface area contributed by atoms with Gasteiger partial charge in [0.25, 0.3) is 0 Å². The van der Waals surface area contributed by atoms with E-state index in [-0.39, 0.29) is 0 Å². The molecule has 0 radical (unpaired) electrons. The zero-order valence-corrected chi connectivity index (χ0v) is 9.51. The summed E-state index contributed by atoms with van der Waals surface area (Å²) in [5, 5.41) is 9.49. The van der Waals surface area contributed by atoms with E-state index < -0.39 is 11.9 Å². The van der Waals surface area contributed by atoms with Crippen molar-refractivity contribution in [1.82, 2.24) is 0 Å². The van der Waals surface area contributed by atoms with Gasteiger partial charge in [-0.2, -0.15) is 0 Å². The number of terminal acetylenes is 1. The van der Waals surface area contributed by atoms with Crippen LogP contribution in [0.3, 0.4) is 0 Å². The van der Waals surface area contributed by atoms with Crippen molar-refractivity contribution in [3.05, 3.63) is 59.9 Å². The highest BCUT2D eigenvalue weighted by Crippen LogP contribution is 2.25. The maximum Gasteiger partial charge on any atom is 0.140 e. The molecule has 0 aromatic heterocycles. The molecule has 0 aliphatic carbocycles. The minimum Gasteiger partial charge on any atom is -0.457 e. The number of para-hydroxylation sites is 1. The first kappa shape index (κ1) is 12.2. The zero-order valence-electron chi connectivity index (χ0n) is 9.51. The molecule has 0 spiro atoms. The first-order valence-electron chi connectivity index (χ1n) is 5.36. The molecule has 0 saturated carbocycles. The molecule has 1 N–H and O–H groups in total. The smallest absolute Gasteiger partial charge is 0.140 e. The number of rotatable bonds is 3. The molecule has 0 aliphatic heterocycles. The lowest BCUT2D eigenvalue weighted by atomic mass is 10.1. The average molecular weight is 242 g/mol. The van der Waals surface area contributed by atoms with Crippen molar-refractivity contribution in [1.29, 1.82) is 0 Å². The molecule has 1 unspecified atom stereocenters. The van der Waals surface area contributed by atoms with Gasteiger partial charge in [0.2, 0.25) is 0 Å². The second-order valence-electron chi connectivity index (χ2n) is 3.70. The third-order valence-corrected chi connectivity index (χ3v) is 2.35. The standard InChI is InChI=1S/C15H11FO2/c1-2-15(17)11-8-12(16)10-14(9-11)18-13-6-4-3-5-7-13/h1,3-10,15,17H. The Balaban J connectivity index is 2.29. The maximum absolute atomic E-state index is 13.4. The van der Waals surface area contributed by atoms with Gasteiger partial charge in [-0.05, 0) is 29.8 Å². The first-order chi connectivity index (χ1) is 8.69. The summed E-state index contributed by atoms with van der Waals surface area (Å²) in [5.41, 5.74) is 0.295. The predicted molar refractivity (Wildman–Crippen MR) is 66.7 cm³/mol. The van der Waals surface area contributed by atoms with E-state index in [1.165, 1.54) is 18.2 Å². The third kappa shape index (κ3) is 2.88. The molecular formula is C15H11FO2. The van der Waals surface area contributed by atoms with Gasteiger partial charge in [-0.3, -0.25) is 0 Å². The lowest BCUT2D eigenvalue weighted by molar-refractivity contribution is 0.237. The lowest BCUT2D eigenvalue weighted by Gasteiger charge is -2.09. The largest absolute Gasteiger partial charge is 0.457 e. The number of hydrogen-bond acceptors (Lipinski definition) is 2. The minimum absolute atomic E-state index is 0.295. The van der Waals surface area contributed by atoms with E-state index in [4.69, 9.17) is 11.2 Å². The molecule has 0 heterocycles. The van der Waals surface area contributed by atoms with Crippen molar-refractivity contribution < 1.29 is 14.2 Å². The van der Waals surface area contributed by atoms with Gasteiger partial charge in [0.1, 0.15) is 23.4 Å². The average Bonchev–Trinajstić information content (AvgIpc) is 2.38. The van der Waals surface area contributed by atoms with Gasteiger partial charge in [0, 0.05) is 6.07 Å². The predicted octanol–water partition coefficient (Wildman–Crippen LogP) is 3.28. The Labute approximate surface area is 105 Å². The van der Waals surface area contributed by atoms with Crippen LogP contribution >= 0.6 is 0 Å². The number of hydrogen-bond donors (Lipinski definition) is 1. The van der Waals surface area contributed by atoms with Gasteiger partial charge in [-0.25, -0.2) is 4.39 Å². The van der Waals surface area contributed by atoms with Crippen LogP contribution in [-0.4, -0.2) is 5.11 Å². The summed E-state index contributed by atoms with van der Waals surface area (Å²) in [6.07, 6.45) is 3.95. The number of aliphatic hydroxyl groups excluding tert-OH is 1. The molecule has 0 saturated heterocycles. The molecule has 2 rings (SSSR count). The molecule has 1 atom stereocenters. The normalized spacial score (nSPS) is 11.6. The zero-order chi connectivity index (χ0) is 13.0. The lowest BCUT2D eigenvalue weighted by Crippen LogP contribution is -1.95. The minimum atomic E-state index is -1.14. The van der Waals surface area contributed by atoms with Gasteiger partial charge in [-0.1, -0.05) is 24.1 Å². The molecule has 0 fully saturated rings. The van der Waals surface area contributed by atoms with E-state index in [0.717, 1.165) is 0 Å². The van der Waals surface area contributed by atoms with Crippen LogP contribution in [0.2, 0.25) is 0 Å². The van der Waals surface area contributed by atoms with Crippen LogP contribution in [-0.2, 0) is 0 Å². The van der Waals surface area contributed by atoms with E-state index in [2.05, 4.69) is 5.92 Å². The summed E-state index contributed by atoms with van der Waals surface area (Å²) in [5.74, 6) is 2.51. The summed E-state index contributed by atoms with van der Waals surface area (Å²) < 4.78 is 18.8. The van der Waals surface area contributed by atoms with Crippen LogP contribution in [0.5, 0.6) is 11.5 Å².